The molecule has 0 saturated heterocycles. The molecule has 2 N–H and O–H groups in total. The van der Waals surface area contributed by atoms with Crippen LogP contribution in [0.1, 0.15) is 76.0 Å². The summed E-state index contributed by atoms with van der Waals surface area (Å²) in [6.45, 7) is 4.10. The third-order valence-corrected chi connectivity index (χ3v) is 14.5. The van der Waals surface area contributed by atoms with Crippen LogP contribution in [0, 0.1) is 37.0 Å². The Morgan fingerprint density at radius 2 is 1.94 bits per heavy atom. The van der Waals surface area contributed by atoms with E-state index in [4.69, 9.17) is 20.9 Å². The van der Waals surface area contributed by atoms with E-state index in [1.807, 2.05) is 37.3 Å². The molecule has 2 aromatic heterocycles. The number of rotatable bonds is 7. The predicted octanol–water partition coefficient (Wildman–Crippen LogP) is 4.89. The molecule has 3 saturated carbocycles. The lowest BCUT2D eigenvalue weighted by atomic mass is 9.76. The number of terminal acetylenes is 1. The van der Waals surface area contributed by atoms with Gasteiger partial charge in [-0.1, -0.05) is 12.2 Å². The minimum absolute atomic E-state index is 0.126. The summed E-state index contributed by atoms with van der Waals surface area (Å²) < 4.78 is 39.9. The average molecular weight is 760 g/mol. The second-order valence-electron chi connectivity index (χ2n) is 15.1. The summed E-state index contributed by atoms with van der Waals surface area (Å²) >= 11 is 1.38. The Hall–Kier alpha value is -4.48. The van der Waals surface area contributed by atoms with Crippen LogP contribution in [-0.4, -0.2) is 78.1 Å². The maximum Gasteiger partial charge on any atom is 0.259 e. The van der Waals surface area contributed by atoms with Gasteiger partial charge in [-0.2, -0.15) is 0 Å². The number of carbonyl (C=O) groups is 3. The topological polar surface area (TPSA) is 157 Å². The number of aromatic nitrogens is 2. The molecule has 1 aromatic carbocycles. The molecule has 7 rings (SSSR count). The number of fused-ring (bicyclic) bond motifs is 3. The van der Waals surface area contributed by atoms with Crippen LogP contribution in [0.5, 0.6) is 11.5 Å². The number of carbonyl (C=O) groups excluding carboxylic acids is 3. The Balaban J connectivity index is 1.21. The standard InChI is InChI=1S/C39H45N5O7S2/c1-6-25-22-52-35(40-25)30-20-32(28-14-15-31(50-5)23(2)33(28)41-30)51-26-12-13-27-29(19-26)34(45)42-39(37(47)43-53(48,49)38(3)16-17-38)21-24(39)11-9-7-8-10-18-44(4)36(27)46/h1,9,11,14-15,20,22,24,26-27,29H,7-8,10,12-13,16-19,21H2,2-5H3,(H,42,45)(H,43,47)/b11-9-/t24-,26+,27-,29-,39?/m1/s1. The number of allylic oxidation sites excluding steroid dienone is 1. The van der Waals surface area contributed by atoms with Gasteiger partial charge in [-0.3, -0.25) is 19.1 Å². The highest BCUT2D eigenvalue weighted by Gasteiger charge is 2.63. The number of sulfonamides is 1. The number of methoxy groups -OCH3 is 1. The van der Waals surface area contributed by atoms with Gasteiger partial charge < -0.3 is 19.7 Å². The summed E-state index contributed by atoms with van der Waals surface area (Å²) in [5, 5.41) is 6.15. The number of nitrogens with zero attached hydrogens (tertiary/aromatic N) is 3. The summed E-state index contributed by atoms with van der Waals surface area (Å²) in [6.07, 6.45) is 13.7. The third-order valence-electron chi connectivity index (χ3n) is 11.4. The highest BCUT2D eigenvalue weighted by molar-refractivity contribution is 7.91. The maximum absolute atomic E-state index is 14.4. The number of benzene rings is 1. The Morgan fingerprint density at radius 1 is 1.15 bits per heavy atom. The molecule has 5 atom stereocenters. The van der Waals surface area contributed by atoms with Gasteiger partial charge >= 0.3 is 0 Å². The van der Waals surface area contributed by atoms with Crippen molar-refractivity contribution < 1.29 is 32.3 Å². The van der Waals surface area contributed by atoms with E-state index < -0.39 is 50.1 Å². The number of hydrogen-bond acceptors (Lipinski definition) is 10. The van der Waals surface area contributed by atoms with Crippen molar-refractivity contribution in [1.29, 1.82) is 0 Å². The van der Waals surface area contributed by atoms with E-state index in [0.717, 1.165) is 30.2 Å². The lowest BCUT2D eigenvalue weighted by Crippen LogP contribution is -2.56. The van der Waals surface area contributed by atoms with Crippen LogP contribution in [-0.2, 0) is 24.4 Å². The van der Waals surface area contributed by atoms with Crippen molar-refractivity contribution in [3.05, 3.63) is 47.0 Å². The molecule has 12 nitrogen and oxygen atoms in total. The summed E-state index contributed by atoms with van der Waals surface area (Å²) in [5.41, 5.74) is 1.14. The molecule has 3 aliphatic carbocycles. The number of amides is 3. The van der Waals surface area contributed by atoms with Crippen molar-refractivity contribution in [1.82, 2.24) is 24.9 Å². The molecule has 1 unspecified atom stereocenters. The number of nitrogens with one attached hydrogen (secondary N) is 2. The largest absolute Gasteiger partial charge is 0.496 e. The van der Waals surface area contributed by atoms with Crippen LogP contribution in [0.4, 0.5) is 0 Å². The first-order valence-corrected chi connectivity index (χ1v) is 20.5. The molecular weight excluding hydrogens is 715 g/mol. The van der Waals surface area contributed by atoms with Gasteiger partial charge in [0, 0.05) is 47.8 Å². The average Bonchev–Trinajstić information content (AvgIpc) is 4.01. The van der Waals surface area contributed by atoms with Gasteiger partial charge in [0.25, 0.3) is 5.91 Å². The minimum atomic E-state index is -3.94. The van der Waals surface area contributed by atoms with Crippen molar-refractivity contribution in [3.8, 4) is 34.5 Å². The summed E-state index contributed by atoms with van der Waals surface area (Å²) in [5.74, 6) is 0.612. The van der Waals surface area contributed by atoms with Gasteiger partial charge in [0.05, 0.1) is 29.4 Å². The van der Waals surface area contributed by atoms with E-state index in [2.05, 4.69) is 20.9 Å². The smallest absolute Gasteiger partial charge is 0.259 e. The van der Waals surface area contributed by atoms with E-state index in [0.29, 0.717) is 65.6 Å². The molecule has 3 aromatic rings. The van der Waals surface area contributed by atoms with Crippen LogP contribution in [0.3, 0.4) is 0 Å². The Morgan fingerprint density at radius 3 is 2.66 bits per heavy atom. The van der Waals surface area contributed by atoms with E-state index in [1.54, 1.807) is 31.4 Å². The van der Waals surface area contributed by atoms with Crippen molar-refractivity contribution in [3.63, 3.8) is 0 Å². The van der Waals surface area contributed by atoms with Crippen molar-refractivity contribution in [2.75, 3.05) is 20.7 Å². The molecule has 4 aliphatic rings. The van der Waals surface area contributed by atoms with Crippen LogP contribution in [0.15, 0.2) is 35.7 Å². The van der Waals surface area contributed by atoms with E-state index in [9.17, 15) is 22.8 Å². The first-order chi connectivity index (χ1) is 25.3. The van der Waals surface area contributed by atoms with E-state index in [-0.39, 0.29) is 24.7 Å². The molecule has 53 heavy (non-hydrogen) atoms. The fourth-order valence-corrected chi connectivity index (χ4v) is 9.64. The number of thiazole rings is 1. The molecule has 0 bridgehead atoms. The fraction of sp³-hybridized carbons (Fsp3) is 0.513. The predicted molar refractivity (Wildman–Crippen MR) is 202 cm³/mol. The summed E-state index contributed by atoms with van der Waals surface area (Å²) in [4.78, 5) is 53.4. The quantitative estimate of drug-likeness (QED) is 0.253. The van der Waals surface area contributed by atoms with Crippen molar-refractivity contribution in [2.24, 2.45) is 17.8 Å². The molecule has 0 spiro atoms. The molecule has 0 radical (unpaired) electrons. The SMILES string of the molecule is C#Cc1csc(-c2cc(O[C@H]3CC[C@H]4C(=O)N(C)CCCC/C=C\[C@@H]5CC5(C(=O)NS(=O)(=O)C5(C)CC5)NC(=O)[C@@H]4C3)c3ccc(OC)c(C)c3n2)n1. The third kappa shape index (κ3) is 7.01. The summed E-state index contributed by atoms with van der Waals surface area (Å²) in [7, 11) is -0.572. The highest BCUT2D eigenvalue weighted by atomic mass is 32.2. The highest BCUT2D eigenvalue weighted by Crippen LogP contribution is 2.48. The molecule has 1 aliphatic heterocycles. The molecule has 3 heterocycles. The molecule has 280 valence electrons. The van der Waals surface area contributed by atoms with Gasteiger partial charge in [-0.05, 0) is 89.7 Å². The Kier molecular flexibility index (Phi) is 9.78. The monoisotopic (exact) mass is 759 g/mol. The summed E-state index contributed by atoms with van der Waals surface area (Å²) in [6, 6.07) is 5.57. The van der Waals surface area contributed by atoms with Gasteiger partial charge in [-0.25, -0.2) is 18.4 Å². The van der Waals surface area contributed by atoms with Gasteiger partial charge in [0.1, 0.15) is 33.4 Å². The van der Waals surface area contributed by atoms with E-state index in [1.165, 1.54) is 11.3 Å². The zero-order valence-electron chi connectivity index (χ0n) is 30.4. The van der Waals surface area contributed by atoms with Crippen LogP contribution >= 0.6 is 11.3 Å². The van der Waals surface area contributed by atoms with Gasteiger partial charge in [0.2, 0.25) is 21.8 Å². The molecule has 14 heteroatoms. The first kappa shape index (κ1) is 36.9. The fourth-order valence-electron chi connectivity index (χ4n) is 7.61. The van der Waals surface area contributed by atoms with Crippen LogP contribution in [0.25, 0.3) is 21.6 Å². The van der Waals surface area contributed by atoms with Gasteiger partial charge in [-0.15, -0.1) is 17.8 Å². The number of aryl methyl sites for hydroxylation is 1. The second-order valence-corrected chi connectivity index (χ2v) is 18.1. The first-order valence-electron chi connectivity index (χ1n) is 18.2. The van der Waals surface area contributed by atoms with Gasteiger partial charge in [0.15, 0.2) is 0 Å². The Bertz CT molecular complexity index is 2150. The normalized spacial score (nSPS) is 27.6. The molecular formula is C39H45N5O7S2. The zero-order chi connectivity index (χ0) is 37.7. The minimum Gasteiger partial charge on any atom is -0.496 e. The van der Waals surface area contributed by atoms with Crippen LogP contribution in [0.2, 0.25) is 0 Å². The van der Waals surface area contributed by atoms with E-state index >= 15 is 0 Å². The number of pyridine rings is 1. The maximum atomic E-state index is 14.4. The van der Waals surface area contributed by atoms with Crippen molar-refractivity contribution >= 4 is 50.0 Å². The molecule has 3 amide bonds. The lowest BCUT2D eigenvalue weighted by molar-refractivity contribution is -0.145. The van der Waals surface area contributed by atoms with Crippen LogP contribution < -0.4 is 19.5 Å². The Labute approximate surface area is 314 Å². The zero-order valence-corrected chi connectivity index (χ0v) is 32.1. The molecule has 3 fully saturated rings. The van der Waals surface area contributed by atoms with Crippen molar-refractivity contribution in [2.45, 2.75) is 88.0 Å². The lowest BCUT2D eigenvalue weighted by Gasteiger charge is -2.37. The number of ether oxygens (including phenoxy) is 2. The number of hydrogen-bond donors (Lipinski definition) is 2. The second kappa shape index (κ2) is 14.1.